The van der Waals surface area contributed by atoms with Crippen molar-refractivity contribution in [3.63, 3.8) is 0 Å². The Morgan fingerprint density at radius 1 is 0.365 bits per heavy atom. The van der Waals surface area contributed by atoms with Crippen LogP contribution in [0.2, 0.25) is 0 Å². The number of aliphatic hydroxyl groups is 8. The first-order valence-electron chi connectivity index (χ1n) is 41.9. The molecule has 0 bridgehead atoms. The van der Waals surface area contributed by atoms with Crippen molar-refractivity contribution in [1.82, 2.24) is 5.32 Å². The second-order valence-electron chi connectivity index (χ2n) is 30.0. The first kappa shape index (κ1) is 90.8. The third-order valence-electron chi connectivity index (χ3n) is 21.0. The van der Waals surface area contributed by atoms with Gasteiger partial charge in [-0.1, -0.05) is 379 Å². The molecule has 14 nitrogen and oxygen atoms in total. The van der Waals surface area contributed by atoms with Crippen LogP contribution in [-0.2, 0) is 23.7 Å². The highest BCUT2D eigenvalue weighted by Gasteiger charge is 2.51. The number of carbonyl (C=O) groups excluding carboxylic acids is 1. The van der Waals surface area contributed by atoms with Gasteiger partial charge in [0.05, 0.1) is 32.0 Å². The molecule has 0 aromatic rings. The Morgan fingerprint density at radius 2 is 0.656 bits per heavy atom. The normalized spacial score (nSPS) is 22.2. The zero-order valence-corrected chi connectivity index (χ0v) is 62.7. The van der Waals surface area contributed by atoms with E-state index in [1.54, 1.807) is 0 Å². The van der Waals surface area contributed by atoms with Gasteiger partial charge in [-0.15, -0.1) is 0 Å². The van der Waals surface area contributed by atoms with Gasteiger partial charge >= 0.3 is 0 Å². The van der Waals surface area contributed by atoms with Crippen LogP contribution in [0.5, 0.6) is 0 Å². The smallest absolute Gasteiger partial charge is 0.220 e. The maximum absolute atomic E-state index is 13.4. The molecule has 0 saturated carbocycles. The Bertz CT molecular complexity index is 1660. The number of unbranched alkanes of at least 4 members (excludes halogenated alkanes) is 57. The van der Waals surface area contributed by atoms with Crippen molar-refractivity contribution in [2.45, 2.75) is 485 Å². The lowest BCUT2D eigenvalue weighted by Crippen LogP contribution is -2.65. The molecule has 2 aliphatic heterocycles. The van der Waals surface area contributed by atoms with Crippen LogP contribution in [0.4, 0.5) is 0 Å². The van der Waals surface area contributed by atoms with Gasteiger partial charge in [0.25, 0.3) is 0 Å². The van der Waals surface area contributed by atoms with E-state index in [0.29, 0.717) is 12.8 Å². The Hall–Kier alpha value is -1.27. The molecule has 2 aliphatic rings. The fourth-order valence-corrected chi connectivity index (χ4v) is 14.4. The van der Waals surface area contributed by atoms with E-state index in [1.165, 1.54) is 334 Å². The molecular weight excluding hydrogens is 1210 g/mol. The van der Waals surface area contributed by atoms with Gasteiger partial charge in [0.2, 0.25) is 5.91 Å². The summed E-state index contributed by atoms with van der Waals surface area (Å²) in [7, 11) is 0. The Balaban J connectivity index is 1.58. The zero-order chi connectivity index (χ0) is 69.4. The molecular formula is C82H159NO13. The minimum absolute atomic E-state index is 0.196. The lowest BCUT2D eigenvalue weighted by molar-refractivity contribution is -0.359. The topological polar surface area (TPSA) is 228 Å². The van der Waals surface area contributed by atoms with E-state index in [1.807, 2.05) is 0 Å². The van der Waals surface area contributed by atoms with Crippen LogP contribution in [0.1, 0.15) is 412 Å². The first-order valence-corrected chi connectivity index (χ1v) is 41.9. The third kappa shape index (κ3) is 49.4. The predicted molar refractivity (Wildman–Crippen MR) is 397 cm³/mol. The van der Waals surface area contributed by atoms with Crippen molar-refractivity contribution >= 4 is 5.91 Å². The van der Waals surface area contributed by atoms with Crippen molar-refractivity contribution in [2.75, 3.05) is 19.8 Å². The number of rotatable bonds is 72. The van der Waals surface area contributed by atoms with Crippen LogP contribution in [0.3, 0.4) is 0 Å². The highest BCUT2D eigenvalue weighted by molar-refractivity contribution is 5.76. The van der Waals surface area contributed by atoms with Gasteiger partial charge in [0.15, 0.2) is 12.6 Å². The molecule has 0 aromatic carbocycles. The van der Waals surface area contributed by atoms with Crippen molar-refractivity contribution in [3.05, 3.63) is 12.2 Å². The van der Waals surface area contributed by atoms with Crippen LogP contribution in [-0.4, -0.2) is 140 Å². The fraction of sp³-hybridized carbons (Fsp3) is 0.963. The third-order valence-corrected chi connectivity index (χ3v) is 21.0. The number of allylic oxidation sites excluding steroid dienone is 2. The number of nitrogens with one attached hydrogen (secondary N) is 1. The molecule has 0 aromatic heterocycles. The quantitative estimate of drug-likeness (QED) is 0.0204. The summed E-state index contributed by atoms with van der Waals surface area (Å²) < 4.78 is 23.0. The minimum Gasteiger partial charge on any atom is -0.394 e. The van der Waals surface area contributed by atoms with Gasteiger partial charge in [-0.05, 0) is 38.5 Å². The summed E-state index contributed by atoms with van der Waals surface area (Å²) in [6.45, 7) is 2.94. The second kappa shape index (κ2) is 66.9. The van der Waals surface area contributed by atoms with Crippen molar-refractivity contribution in [2.24, 2.45) is 0 Å². The van der Waals surface area contributed by atoms with Crippen LogP contribution >= 0.6 is 0 Å². The summed E-state index contributed by atoms with van der Waals surface area (Å²) in [6.07, 6.45) is 68.4. The molecule has 0 radical (unpaired) electrons. The summed E-state index contributed by atoms with van der Waals surface area (Å²) >= 11 is 0. The molecule has 570 valence electrons. The SMILES string of the molecule is CCCCCCCCCC/C=C\CCCCCCCCCCCCCCCCCCCC(=O)NC(COC1OC(CO)C(OC2OC(CO)C(O)C(O)C2O)C(O)C1O)C(O)CCCCCCCCCCCCCCCCCCCCCCCCCCCCCCCCCCC. The first-order chi connectivity index (χ1) is 47.1. The van der Waals surface area contributed by atoms with Crippen LogP contribution in [0.15, 0.2) is 12.2 Å². The molecule has 9 N–H and O–H groups in total. The number of amides is 1. The molecule has 12 atom stereocenters. The van der Waals surface area contributed by atoms with Crippen molar-refractivity contribution < 1.29 is 64.6 Å². The van der Waals surface area contributed by atoms with Crippen LogP contribution in [0, 0.1) is 0 Å². The summed E-state index contributed by atoms with van der Waals surface area (Å²) in [5, 5.41) is 87.9. The number of hydrogen-bond donors (Lipinski definition) is 9. The van der Waals surface area contributed by atoms with E-state index in [0.717, 1.165) is 51.4 Å². The van der Waals surface area contributed by atoms with Gasteiger partial charge in [0, 0.05) is 6.42 Å². The molecule has 2 rings (SSSR count). The molecule has 14 heteroatoms. The fourth-order valence-electron chi connectivity index (χ4n) is 14.4. The van der Waals surface area contributed by atoms with Gasteiger partial charge in [-0.25, -0.2) is 0 Å². The highest BCUT2D eigenvalue weighted by atomic mass is 16.7. The molecule has 96 heavy (non-hydrogen) atoms. The van der Waals surface area contributed by atoms with Gasteiger partial charge in [-0.2, -0.15) is 0 Å². The lowest BCUT2D eigenvalue weighted by Gasteiger charge is -2.46. The molecule has 12 unspecified atom stereocenters. The molecule has 0 spiro atoms. The largest absolute Gasteiger partial charge is 0.394 e. The van der Waals surface area contributed by atoms with Crippen LogP contribution in [0.25, 0.3) is 0 Å². The molecule has 1 amide bonds. The average molecular weight is 1370 g/mol. The van der Waals surface area contributed by atoms with E-state index in [-0.39, 0.29) is 12.5 Å². The predicted octanol–water partition coefficient (Wildman–Crippen LogP) is 19.3. The molecule has 2 heterocycles. The second-order valence-corrected chi connectivity index (χ2v) is 30.0. The minimum atomic E-state index is -1.78. The van der Waals surface area contributed by atoms with Gasteiger partial charge < -0.3 is 65.1 Å². The van der Waals surface area contributed by atoms with E-state index < -0.39 is 86.8 Å². The van der Waals surface area contributed by atoms with Crippen LogP contribution < -0.4 is 5.32 Å². The monoisotopic (exact) mass is 1370 g/mol. The van der Waals surface area contributed by atoms with Gasteiger partial charge in [-0.3, -0.25) is 4.79 Å². The summed E-state index contributed by atoms with van der Waals surface area (Å²) in [5.41, 5.74) is 0. The van der Waals surface area contributed by atoms with Crippen molar-refractivity contribution in [1.29, 1.82) is 0 Å². The van der Waals surface area contributed by atoms with E-state index in [4.69, 9.17) is 18.9 Å². The van der Waals surface area contributed by atoms with E-state index >= 15 is 0 Å². The summed E-state index contributed by atoms with van der Waals surface area (Å²) in [5.74, 6) is -0.196. The standard InChI is InChI=1S/C82H159NO13/c1-3-5-7-9-11-13-15-17-19-21-23-25-27-29-31-33-34-35-36-38-39-41-43-45-47-49-51-53-55-57-59-61-63-65-71(86)70(69-93-81-79(92)77(90)80(73(68-85)95-81)96-82-78(91)76(89)75(88)72(67-84)94-82)83-74(87)66-64-62-60-58-56-54-52-50-48-46-44-42-40-37-32-30-28-26-24-22-20-18-16-14-12-10-8-6-4-2/h22,24,70-73,75-82,84-86,88-92H,3-21,23,25-69H2,1-2H3,(H,83,87)/b24-22-. The maximum atomic E-state index is 13.4. The molecule has 0 aliphatic carbocycles. The average Bonchev–Trinajstić information content (AvgIpc) is 0.854. The number of hydrogen-bond acceptors (Lipinski definition) is 13. The van der Waals surface area contributed by atoms with Gasteiger partial charge in [0.1, 0.15) is 48.8 Å². The highest BCUT2D eigenvalue weighted by Crippen LogP contribution is 2.31. The Labute approximate surface area is 590 Å². The Morgan fingerprint density at radius 3 is 0.990 bits per heavy atom. The molecule has 2 saturated heterocycles. The number of carbonyl (C=O) groups is 1. The zero-order valence-electron chi connectivity index (χ0n) is 62.7. The lowest BCUT2D eigenvalue weighted by atomic mass is 9.97. The Kier molecular flexibility index (Phi) is 63.3. The number of aliphatic hydroxyl groups excluding tert-OH is 8. The molecule has 2 fully saturated rings. The maximum Gasteiger partial charge on any atom is 0.220 e. The number of ether oxygens (including phenoxy) is 4. The summed E-state index contributed by atoms with van der Waals surface area (Å²) in [6, 6.07) is -0.828. The van der Waals surface area contributed by atoms with E-state index in [2.05, 4.69) is 31.3 Å². The van der Waals surface area contributed by atoms with Crippen molar-refractivity contribution in [3.8, 4) is 0 Å². The summed E-state index contributed by atoms with van der Waals surface area (Å²) in [4.78, 5) is 13.4. The van der Waals surface area contributed by atoms with E-state index in [9.17, 15) is 45.6 Å².